The van der Waals surface area contributed by atoms with E-state index in [1.807, 2.05) is 39.5 Å². The van der Waals surface area contributed by atoms with Crippen molar-refractivity contribution < 1.29 is 22.6 Å². The lowest BCUT2D eigenvalue weighted by atomic mass is 10.2. The molecule has 0 heterocycles. The molecule has 7 nitrogen and oxygen atoms in total. The van der Waals surface area contributed by atoms with E-state index >= 15 is 0 Å². The Morgan fingerprint density at radius 2 is 1.30 bits per heavy atom. The summed E-state index contributed by atoms with van der Waals surface area (Å²) in [4.78, 5) is 22.8. The molecule has 3 N–H and O–H groups in total. The minimum absolute atomic E-state index is 0.0699. The highest BCUT2D eigenvalue weighted by Crippen LogP contribution is 2.15. The van der Waals surface area contributed by atoms with Crippen molar-refractivity contribution in [1.82, 2.24) is 10.6 Å². The van der Waals surface area contributed by atoms with E-state index in [2.05, 4.69) is 38.3 Å². The number of hydrogen-bond donors (Lipinski definition) is 3. The molecule has 0 saturated carbocycles. The van der Waals surface area contributed by atoms with Gasteiger partial charge < -0.3 is 10.6 Å². The summed E-state index contributed by atoms with van der Waals surface area (Å²) in [5.74, 6) is 1.33. The van der Waals surface area contributed by atoms with Gasteiger partial charge in [0.2, 0.25) is 11.8 Å². The number of nitrogens with one attached hydrogen (secondary N) is 2. The summed E-state index contributed by atoms with van der Waals surface area (Å²) in [6, 6.07) is 0. The fourth-order valence-corrected chi connectivity index (χ4v) is 4.55. The van der Waals surface area contributed by atoms with E-state index in [1.165, 1.54) is 11.8 Å². The van der Waals surface area contributed by atoms with Crippen LogP contribution in [0.4, 0.5) is 0 Å². The first-order valence-electron chi connectivity index (χ1n) is 10.4. The second-order valence-corrected chi connectivity index (χ2v) is 13.3. The van der Waals surface area contributed by atoms with Crippen LogP contribution >= 0.6 is 23.5 Å². The van der Waals surface area contributed by atoms with Gasteiger partial charge in [0.15, 0.2) is 5.25 Å². The summed E-state index contributed by atoms with van der Waals surface area (Å²) in [5.41, 5.74) is 0. The number of thioether (sulfide) groups is 2. The summed E-state index contributed by atoms with van der Waals surface area (Å²) in [7, 11) is -4.34. The number of amides is 2. The molecule has 0 bridgehead atoms. The average Bonchev–Trinajstić information content (AvgIpc) is 2.57. The lowest BCUT2D eigenvalue weighted by Crippen LogP contribution is -2.42. The van der Waals surface area contributed by atoms with Gasteiger partial charge in [-0.2, -0.15) is 31.9 Å². The number of carbonyl (C=O) groups excluding carboxylic acids is 2. The van der Waals surface area contributed by atoms with E-state index in [4.69, 9.17) is 4.55 Å². The Bertz CT molecular complexity index is 579. The van der Waals surface area contributed by atoms with Crippen molar-refractivity contribution in [2.24, 2.45) is 11.8 Å². The quantitative estimate of drug-likeness (QED) is 0.342. The third-order valence-electron chi connectivity index (χ3n) is 3.41. The van der Waals surface area contributed by atoms with E-state index in [1.54, 1.807) is 0 Å². The molecule has 0 aliphatic rings. The molecule has 0 rings (SSSR count). The predicted molar refractivity (Wildman–Crippen MR) is 131 cm³/mol. The van der Waals surface area contributed by atoms with E-state index < -0.39 is 21.3 Å². The Morgan fingerprint density at radius 1 is 0.833 bits per heavy atom. The molecule has 0 aromatic rings. The smallest absolute Gasteiger partial charge is 0.277 e. The van der Waals surface area contributed by atoms with E-state index in [0.717, 1.165) is 12.3 Å². The third kappa shape index (κ3) is 20.8. The molecule has 0 aliphatic carbocycles. The second-order valence-electron chi connectivity index (χ2n) is 8.39. The van der Waals surface area contributed by atoms with Crippen LogP contribution in [0.3, 0.4) is 0 Å². The molecule has 0 spiro atoms. The van der Waals surface area contributed by atoms with Crippen molar-refractivity contribution in [2.75, 3.05) is 24.6 Å². The standard InChI is InChI=1S/C10H21NO4S2.C10H21NOS/c1-7(2)5-11-10(12)9(17(13,14)15)6-16-8(3)4;1-8(2)7-11-10(12)5-6-13-9(3)4/h7-9H,5-6H2,1-4H3,(H,11,12)(H,13,14,15);8-9H,5-7H2,1-4H3,(H,11,12). The zero-order chi connectivity index (χ0) is 23.9. The van der Waals surface area contributed by atoms with Gasteiger partial charge in [0.25, 0.3) is 10.1 Å². The molecule has 2 amide bonds. The Morgan fingerprint density at radius 3 is 1.70 bits per heavy atom. The van der Waals surface area contributed by atoms with Crippen molar-refractivity contribution in [1.29, 1.82) is 0 Å². The third-order valence-corrected chi connectivity index (χ3v) is 7.02. The summed E-state index contributed by atoms with van der Waals surface area (Å²) in [5, 5.41) is 4.87. The maximum atomic E-state index is 11.6. The first-order valence-corrected chi connectivity index (χ1v) is 14.0. The Kier molecular flexibility index (Phi) is 18.1. The molecular formula is C20H42N2O5S3. The van der Waals surface area contributed by atoms with Crippen molar-refractivity contribution in [3.8, 4) is 0 Å². The van der Waals surface area contributed by atoms with Crippen molar-refractivity contribution in [2.45, 2.75) is 77.6 Å². The van der Waals surface area contributed by atoms with Crippen LogP contribution in [0.5, 0.6) is 0 Å². The first kappa shape index (κ1) is 31.7. The minimum Gasteiger partial charge on any atom is -0.356 e. The Balaban J connectivity index is 0. The van der Waals surface area contributed by atoms with Crippen molar-refractivity contribution in [3.63, 3.8) is 0 Å². The second kappa shape index (κ2) is 17.1. The average molecular weight is 487 g/mol. The van der Waals surface area contributed by atoms with Gasteiger partial charge in [0.05, 0.1) is 0 Å². The maximum Gasteiger partial charge on any atom is 0.277 e. The Hall–Kier alpha value is -0.450. The molecular weight excluding hydrogens is 444 g/mol. The van der Waals surface area contributed by atoms with Gasteiger partial charge in [-0.15, -0.1) is 0 Å². The van der Waals surface area contributed by atoms with Gasteiger partial charge in [-0.25, -0.2) is 0 Å². The number of rotatable bonds is 13. The number of hydrogen-bond acceptors (Lipinski definition) is 6. The normalized spacial score (nSPS) is 12.7. The van der Waals surface area contributed by atoms with Crippen molar-refractivity contribution >= 4 is 45.5 Å². The number of carbonyl (C=O) groups is 2. The lowest BCUT2D eigenvalue weighted by molar-refractivity contribution is -0.121. The molecule has 1 atom stereocenters. The first-order chi connectivity index (χ1) is 13.7. The highest BCUT2D eigenvalue weighted by Gasteiger charge is 2.31. The lowest BCUT2D eigenvalue weighted by Gasteiger charge is -2.15. The van der Waals surface area contributed by atoms with Gasteiger partial charge >= 0.3 is 0 Å². The van der Waals surface area contributed by atoms with Crippen LogP contribution in [-0.2, 0) is 19.7 Å². The molecule has 0 fully saturated rings. The van der Waals surface area contributed by atoms with Gasteiger partial charge in [0, 0.05) is 31.0 Å². The summed E-state index contributed by atoms with van der Waals surface area (Å²) >= 11 is 3.16. The molecule has 0 radical (unpaired) electrons. The van der Waals surface area contributed by atoms with Gasteiger partial charge in [-0.05, 0) is 22.3 Å². The maximum absolute atomic E-state index is 11.6. The largest absolute Gasteiger partial charge is 0.356 e. The minimum atomic E-state index is -4.34. The van der Waals surface area contributed by atoms with Crippen LogP contribution in [0.25, 0.3) is 0 Å². The van der Waals surface area contributed by atoms with Gasteiger partial charge in [-0.3, -0.25) is 14.1 Å². The van der Waals surface area contributed by atoms with Crippen molar-refractivity contribution in [3.05, 3.63) is 0 Å². The predicted octanol–water partition coefficient (Wildman–Crippen LogP) is 3.45. The van der Waals surface area contributed by atoms with Crippen LogP contribution in [0.2, 0.25) is 0 Å². The van der Waals surface area contributed by atoms with Crippen LogP contribution < -0.4 is 10.6 Å². The Labute approximate surface area is 192 Å². The summed E-state index contributed by atoms with van der Waals surface area (Å²) in [6.07, 6.45) is 0.648. The van der Waals surface area contributed by atoms with E-state index in [9.17, 15) is 18.0 Å². The molecule has 0 aromatic carbocycles. The highest BCUT2D eigenvalue weighted by molar-refractivity contribution is 8.01. The summed E-state index contributed by atoms with van der Waals surface area (Å²) < 4.78 is 31.2. The van der Waals surface area contributed by atoms with Crippen LogP contribution in [0, 0.1) is 11.8 Å². The van der Waals surface area contributed by atoms with E-state index in [0.29, 0.717) is 24.1 Å². The zero-order valence-electron chi connectivity index (χ0n) is 19.7. The summed E-state index contributed by atoms with van der Waals surface area (Å²) in [6.45, 7) is 17.3. The molecule has 1 unspecified atom stereocenters. The van der Waals surface area contributed by atoms with Crippen LogP contribution in [0.15, 0.2) is 0 Å². The molecule has 0 saturated heterocycles. The monoisotopic (exact) mass is 486 g/mol. The molecule has 180 valence electrons. The molecule has 30 heavy (non-hydrogen) atoms. The van der Waals surface area contributed by atoms with Crippen LogP contribution in [0.1, 0.15) is 61.8 Å². The molecule has 0 aliphatic heterocycles. The van der Waals surface area contributed by atoms with Gasteiger partial charge in [-0.1, -0.05) is 55.4 Å². The highest BCUT2D eigenvalue weighted by atomic mass is 32.2. The zero-order valence-corrected chi connectivity index (χ0v) is 22.2. The van der Waals surface area contributed by atoms with E-state index in [-0.39, 0.29) is 22.8 Å². The topological polar surface area (TPSA) is 113 Å². The molecule has 10 heteroatoms. The fraction of sp³-hybridized carbons (Fsp3) is 0.900. The molecule has 0 aromatic heterocycles. The fourth-order valence-electron chi connectivity index (χ4n) is 1.79. The SMILES string of the molecule is CC(C)CNC(=O)C(CSC(C)C)S(=O)(=O)O.CC(C)CNC(=O)CCSC(C)C. The van der Waals surface area contributed by atoms with Crippen LogP contribution in [-0.4, -0.2) is 65.1 Å². The van der Waals surface area contributed by atoms with Gasteiger partial charge in [0.1, 0.15) is 0 Å².